The molecule has 0 spiro atoms. The molecule has 1 N–H and O–H groups in total. The third-order valence-electron chi connectivity index (χ3n) is 2.75. The van der Waals surface area contributed by atoms with Gasteiger partial charge in [0.15, 0.2) is 0 Å². The first-order chi connectivity index (χ1) is 9.24. The number of aromatic nitrogens is 2. The van der Waals surface area contributed by atoms with E-state index in [4.69, 9.17) is 0 Å². The molecule has 2 aromatic heterocycles. The van der Waals surface area contributed by atoms with Crippen molar-refractivity contribution in [2.75, 3.05) is 0 Å². The van der Waals surface area contributed by atoms with Crippen molar-refractivity contribution in [1.82, 2.24) is 9.97 Å². The standard InChI is InChI=1S/C14H12N2OS2/c1-9-15-11(7-18-9)12-8-19-14(16-12)13(17)10-5-3-2-4-6-10/h2-8,13,17H,1H3. The number of benzene rings is 1. The van der Waals surface area contributed by atoms with Crippen LogP contribution in [0.15, 0.2) is 41.1 Å². The molecule has 19 heavy (non-hydrogen) atoms. The maximum absolute atomic E-state index is 10.3. The van der Waals surface area contributed by atoms with Gasteiger partial charge in [-0.2, -0.15) is 0 Å². The van der Waals surface area contributed by atoms with E-state index in [9.17, 15) is 5.11 Å². The quantitative estimate of drug-likeness (QED) is 0.800. The second-order valence-electron chi connectivity index (χ2n) is 4.14. The summed E-state index contributed by atoms with van der Waals surface area (Å²) in [6.45, 7) is 1.97. The van der Waals surface area contributed by atoms with Gasteiger partial charge in [-0.3, -0.25) is 0 Å². The van der Waals surface area contributed by atoms with E-state index >= 15 is 0 Å². The van der Waals surface area contributed by atoms with Crippen LogP contribution in [-0.4, -0.2) is 15.1 Å². The number of hydrogen-bond donors (Lipinski definition) is 1. The van der Waals surface area contributed by atoms with Crippen molar-refractivity contribution in [2.45, 2.75) is 13.0 Å². The molecule has 3 rings (SSSR count). The molecule has 0 saturated heterocycles. The van der Waals surface area contributed by atoms with Gasteiger partial charge in [0.05, 0.1) is 5.01 Å². The van der Waals surface area contributed by atoms with E-state index in [1.807, 2.05) is 48.0 Å². The smallest absolute Gasteiger partial charge is 0.131 e. The number of nitrogens with zero attached hydrogens (tertiary/aromatic N) is 2. The number of rotatable bonds is 3. The molecule has 3 nitrogen and oxygen atoms in total. The van der Waals surface area contributed by atoms with Gasteiger partial charge < -0.3 is 5.11 Å². The molecule has 0 radical (unpaired) electrons. The average Bonchev–Trinajstić information content (AvgIpc) is 3.07. The van der Waals surface area contributed by atoms with Gasteiger partial charge in [0.1, 0.15) is 22.5 Å². The first kappa shape index (κ1) is 12.5. The van der Waals surface area contributed by atoms with Crippen LogP contribution < -0.4 is 0 Å². The summed E-state index contributed by atoms with van der Waals surface area (Å²) in [6, 6.07) is 9.56. The van der Waals surface area contributed by atoms with Gasteiger partial charge in [0, 0.05) is 10.8 Å². The largest absolute Gasteiger partial charge is 0.381 e. The van der Waals surface area contributed by atoms with Crippen LogP contribution in [0.4, 0.5) is 0 Å². The fourth-order valence-electron chi connectivity index (χ4n) is 1.79. The fraction of sp³-hybridized carbons (Fsp3) is 0.143. The van der Waals surface area contributed by atoms with E-state index in [2.05, 4.69) is 9.97 Å². The summed E-state index contributed by atoms with van der Waals surface area (Å²) in [4.78, 5) is 8.89. The van der Waals surface area contributed by atoms with Gasteiger partial charge in [-0.15, -0.1) is 22.7 Å². The first-order valence-electron chi connectivity index (χ1n) is 5.85. The molecule has 1 unspecified atom stereocenters. The molecule has 3 aromatic rings. The third-order valence-corrected chi connectivity index (χ3v) is 4.42. The van der Waals surface area contributed by atoms with Crippen LogP contribution in [-0.2, 0) is 0 Å². The Labute approximate surface area is 119 Å². The Balaban J connectivity index is 1.89. The van der Waals surface area contributed by atoms with E-state index in [1.165, 1.54) is 11.3 Å². The summed E-state index contributed by atoms with van der Waals surface area (Å²) >= 11 is 3.06. The van der Waals surface area contributed by atoms with Crippen molar-refractivity contribution < 1.29 is 5.11 Å². The summed E-state index contributed by atoms with van der Waals surface area (Å²) in [7, 11) is 0. The Morgan fingerprint density at radius 1 is 1.00 bits per heavy atom. The van der Waals surface area contributed by atoms with Gasteiger partial charge in [-0.05, 0) is 12.5 Å². The highest BCUT2D eigenvalue weighted by Crippen LogP contribution is 2.29. The molecule has 0 fully saturated rings. The molecule has 1 aromatic carbocycles. The van der Waals surface area contributed by atoms with Crippen molar-refractivity contribution in [1.29, 1.82) is 0 Å². The van der Waals surface area contributed by atoms with E-state index < -0.39 is 6.10 Å². The highest BCUT2D eigenvalue weighted by Gasteiger charge is 2.15. The second kappa shape index (κ2) is 5.21. The lowest BCUT2D eigenvalue weighted by Gasteiger charge is -2.06. The van der Waals surface area contributed by atoms with Crippen molar-refractivity contribution in [3.63, 3.8) is 0 Å². The molecular weight excluding hydrogens is 276 g/mol. The maximum Gasteiger partial charge on any atom is 0.131 e. The molecule has 0 amide bonds. The zero-order chi connectivity index (χ0) is 13.2. The van der Waals surface area contributed by atoms with E-state index in [-0.39, 0.29) is 0 Å². The second-order valence-corrected chi connectivity index (χ2v) is 6.09. The number of aliphatic hydroxyl groups is 1. The first-order valence-corrected chi connectivity index (χ1v) is 7.61. The molecule has 5 heteroatoms. The summed E-state index contributed by atoms with van der Waals surface area (Å²) in [6.07, 6.45) is -0.667. The molecule has 2 heterocycles. The summed E-state index contributed by atoms with van der Waals surface area (Å²) in [5.74, 6) is 0. The van der Waals surface area contributed by atoms with Crippen molar-refractivity contribution in [3.05, 3.63) is 56.7 Å². The molecular formula is C14H12N2OS2. The van der Waals surface area contributed by atoms with E-state index in [0.29, 0.717) is 5.01 Å². The Morgan fingerprint density at radius 2 is 1.68 bits per heavy atom. The highest BCUT2D eigenvalue weighted by molar-refractivity contribution is 7.10. The van der Waals surface area contributed by atoms with E-state index in [1.54, 1.807) is 11.3 Å². The Bertz CT molecular complexity index is 676. The molecule has 0 aliphatic rings. The molecule has 0 saturated carbocycles. The van der Waals surface area contributed by atoms with Crippen molar-refractivity contribution in [2.24, 2.45) is 0 Å². The van der Waals surface area contributed by atoms with Crippen LogP contribution in [0.25, 0.3) is 11.4 Å². The number of thiazole rings is 2. The van der Waals surface area contributed by atoms with Crippen LogP contribution >= 0.6 is 22.7 Å². The van der Waals surface area contributed by atoms with Gasteiger partial charge in [0.25, 0.3) is 0 Å². The van der Waals surface area contributed by atoms with E-state index in [0.717, 1.165) is 22.0 Å². The lowest BCUT2D eigenvalue weighted by atomic mass is 10.1. The Hall–Kier alpha value is -1.56. The summed E-state index contributed by atoms with van der Waals surface area (Å²) in [5.41, 5.74) is 2.57. The number of aryl methyl sites for hydroxylation is 1. The number of hydrogen-bond acceptors (Lipinski definition) is 5. The molecule has 0 aliphatic heterocycles. The predicted molar refractivity (Wildman–Crippen MR) is 78.5 cm³/mol. The van der Waals surface area contributed by atoms with Gasteiger partial charge in [0.2, 0.25) is 0 Å². The van der Waals surface area contributed by atoms with Gasteiger partial charge in [-0.25, -0.2) is 9.97 Å². The summed E-state index contributed by atoms with van der Waals surface area (Å²) < 4.78 is 0. The SMILES string of the molecule is Cc1nc(-c2csc(C(O)c3ccccc3)n2)cs1. The maximum atomic E-state index is 10.3. The molecule has 0 bridgehead atoms. The lowest BCUT2D eigenvalue weighted by Crippen LogP contribution is -1.98. The zero-order valence-corrected chi connectivity index (χ0v) is 11.9. The van der Waals surface area contributed by atoms with Crippen molar-refractivity contribution >= 4 is 22.7 Å². The Morgan fingerprint density at radius 3 is 2.37 bits per heavy atom. The summed E-state index contributed by atoms with van der Waals surface area (Å²) in [5, 5.41) is 15.9. The molecule has 0 aliphatic carbocycles. The minimum absolute atomic E-state index is 0.667. The predicted octanol–water partition coefficient (Wildman–Crippen LogP) is 3.66. The Kier molecular flexibility index (Phi) is 3.42. The monoisotopic (exact) mass is 288 g/mol. The fourth-order valence-corrected chi connectivity index (χ4v) is 3.22. The zero-order valence-electron chi connectivity index (χ0n) is 10.3. The van der Waals surface area contributed by atoms with Gasteiger partial charge in [-0.1, -0.05) is 30.3 Å². The normalized spacial score (nSPS) is 12.5. The van der Waals surface area contributed by atoms with Gasteiger partial charge >= 0.3 is 0 Å². The lowest BCUT2D eigenvalue weighted by molar-refractivity contribution is 0.220. The average molecular weight is 288 g/mol. The molecule has 1 atom stereocenters. The van der Waals surface area contributed by atoms with Crippen LogP contribution in [0.3, 0.4) is 0 Å². The van der Waals surface area contributed by atoms with Crippen LogP contribution in [0.5, 0.6) is 0 Å². The third kappa shape index (κ3) is 2.58. The van der Waals surface area contributed by atoms with Crippen LogP contribution in [0.1, 0.15) is 21.7 Å². The minimum Gasteiger partial charge on any atom is -0.381 e. The van der Waals surface area contributed by atoms with Crippen molar-refractivity contribution in [3.8, 4) is 11.4 Å². The van der Waals surface area contributed by atoms with Crippen LogP contribution in [0.2, 0.25) is 0 Å². The highest BCUT2D eigenvalue weighted by atomic mass is 32.1. The number of aliphatic hydroxyl groups excluding tert-OH is 1. The minimum atomic E-state index is -0.667. The topological polar surface area (TPSA) is 46.0 Å². The molecule has 96 valence electrons. The van der Waals surface area contributed by atoms with Crippen LogP contribution in [0, 0.1) is 6.92 Å².